The topological polar surface area (TPSA) is 46.9 Å². The summed E-state index contributed by atoms with van der Waals surface area (Å²) in [6.45, 7) is 2.81. The van der Waals surface area contributed by atoms with Crippen LogP contribution < -0.4 is 5.32 Å². The molecule has 80 valence electrons. The maximum atomic E-state index is 10.9. The molecular weight excluding hydrogens is 198 g/mol. The lowest BCUT2D eigenvalue weighted by molar-refractivity contribution is 0.570. The van der Waals surface area contributed by atoms with Crippen molar-refractivity contribution in [2.45, 2.75) is 19.5 Å². The zero-order valence-corrected chi connectivity index (χ0v) is 9.67. The molecule has 0 aromatic carbocycles. The molecule has 1 aromatic rings. The van der Waals surface area contributed by atoms with Gasteiger partial charge in [0.1, 0.15) is 0 Å². The summed E-state index contributed by atoms with van der Waals surface area (Å²) in [7, 11) is 1.23. The van der Waals surface area contributed by atoms with E-state index in [1.807, 2.05) is 24.7 Å². The molecule has 0 amide bonds. The van der Waals surface area contributed by atoms with Crippen LogP contribution in [-0.4, -0.2) is 31.8 Å². The molecule has 1 N–H and O–H groups in total. The summed E-state index contributed by atoms with van der Waals surface area (Å²) in [5.41, 5.74) is 1.14. The molecule has 2 atom stereocenters. The minimum atomic E-state index is -0.734. The van der Waals surface area contributed by atoms with Crippen LogP contribution >= 0.6 is 0 Å². The van der Waals surface area contributed by atoms with Crippen LogP contribution in [0.25, 0.3) is 0 Å². The maximum Gasteiger partial charge on any atom is 0.0945 e. The van der Waals surface area contributed by atoms with Crippen molar-refractivity contribution in [3.8, 4) is 0 Å². The third-order valence-corrected chi connectivity index (χ3v) is 3.00. The first-order chi connectivity index (χ1) is 6.59. The van der Waals surface area contributed by atoms with Crippen LogP contribution in [0.3, 0.4) is 0 Å². The Morgan fingerprint density at radius 3 is 2.93 bits per heavy atom. The summed E-state index contributed by atoms with van der Waals surface area (Å²) in [5.74, 6) is 0.692. The first kappa shape index (κ1) is 11.4. The third kappa shape index (κ3) is 3.59. The molecule has 4 nitrogen and oxygen atoms in total. The van der Waals surface area contributed by atoms with Crippen LogP contribution in [0.4, 0.5) is 0 Å². The van der Waals surface area contributed by atoms with Crippen LogP contribution in [0.5, 0.6) is 0 Å². The number of nitrogens with one attached hydrogen (secondary N) is 1. The molecule has 0 radical (unpaired) electrons. The number of aryl methyl sites for hydroxylation is 1. The molecule has 0 saturated carbocycles. The van der Waals surface area contributed by atoms with Gasteiger partial charge in [-0.15, -0.1) is 0 Å². The predicted octanol–water partition coefficient (Wildman–Crippen LogP) is 0.277. The van der Waals surface area contributed by atoms with E-state index < -0.39 is 10.8 Å². The lowest BCUT2D eigenvalue weighted by atomic mass is 10.3. The van der Waals surface area contributed by atoms with Gasteiger partial charge in [-0.2, -0.15) is 0 Å². The van der Waals surface area contributed by atoms with Gasteiger partial charge in [0.25, 0.3) is 0 Å². The van der Waals surface area contributed by atoms with Crippen molar-refractivity contribution in [2.75, 3.05) is 12.0 Å². The molecule has 14 heavy (non-hydrogen) atoms. The molecule has 1 heterocycles. The van der Waals surface area contributed by atoms with Crippen LogP contribution in [0.15, 0.2) is 12.5 Å². The van der Waals surface area contributed by atoms with E-state index in [1.54, 1.807) is 12.6 Å². The van der Waals surface area contributed by atoms with E-state index in [1.165, 1.54) is 0 Å². The molecule has 0 aliphatic rings. The average Bonchev–Trinajstić information content (AvgIpc) is 2.46. The van der Waals surface area contributed by atoms with Gasteiger partial charge in [0.05, 0.1) is 12.0 Å². The number of hydrogen-bond donors (Lipinski definition) is 1. The van der Waals surface area contributed by atoms with Gasteiger partial charge in [0.15, 0.2) is 0 Å². The van der Waals surface area contributed by atoms with Gasteiger partial charge in [-0.25, -0.2) is 4.98 Å². The number of imidazole rings is 1. The highest BCUT2D eigenvalue weighted by atomic mass is 32.2. The molecule has 1 aromatic heterocycles. The van der Waals surface area contributed by atoms with E-state index in [-0.39, 0.29) is 6.04 Å². The molecule has 0 aliphatic carbocycles. The second-order valence-electron chi connectivity index (χ2n) is 3.52. The van der Waals surface area contributed by atoms with E-state index in [2.05, 4.69) is 10.3 Å². The second-order valence-corrected chi connectivity index (χ2v) is 5.00. The summed E-state index contributed by atoms with van der Waals surface area (Å²) in [4.78, 5) is 4.02. The summed E-state index contributed by atoms with van der Waals surface area (Å²) in [5, 5.41) is 3.30. The minimum absolute atomic E-state index is 0.274. The molecule has 0 saturated heterocycles. The Labute approximate surface area is 87.2 Å². The van der Waals surface area contributed by atoms with Gasteiger partial charge in [0.2, 0.25) is 0 Å². The Hall–Kier alpha value is -0.680. The van der Waals surface area contributed by atoms with Crippen molar-refractivity contribution in [1.29, 1.82) is 0 Å². The van der Waals surface area contributed by atoms with Crippen molar-refractivity contribution in [3.63, 3.8) is 0 Å². The predicted molar refractivity (Wildman–Crippen MR) is 58.4 cm³/mol. The Kier molecular flexibility index (Phi) is 4.28. The number of rotatable bonds is 5. The largest absolute Gasteiger partial charge is 0.337 e. The van der Waals surface area contributed by atoms with Crippen molar-refractivity contribution in [1.82, 2.24) is 14.9 Å². The zero-order valence-electron chi connectivity index (χ0n) is 8.86. The Balaban J connectivity index is 2.34. The zero-order chi connectivity index (χ0) is 10.6. The Bertz CT molecular complexity index is 311. The molecule has 1 rings (SSSR count). The van der Waals surface area contributed by atoms with Crippen LogP contribution in [0.2, 0.25) is 0 Å². The highest BCUT2D eigenvalue weighted by Crippen LogP contribution is 1.96. The molecule has 0 aliphatic heterocycles. The normalized spacial score (nSPS) is 15.4. The Morgan fingerprint density at radius 2 is 2.43 bits per heavy atom. The smallest absolute Gasteiger partial charge is 0.0945 e. The summed E-state index contributed by atoms with van der Waals surface area (Å²) >= 11 is 0. The SMILES string of the molecule is CC(CS(C)=O)NCc1cncn1C. The van der Waals surface area contributed by atoms with Crippen LogP contribution in [0, 0.1) is 0 Å². The molecular formula is C9H17N3OS. The molecule has 2 unspecified atom stereocenters. The fourth-order valence-corrected chi connectivity index (χ4v) is 2.07. The van der Waals surface area contributed by atoms with E-state index >= 15 is 0 Å². The Morgan fingerprint density at radius 1 is 1.71 bits per heavy atom. The fourth-order valence-electron chi connectivity index (χ4n) is 1.24. The van der Waals surface area contributed by atoms with E-state index in [9.17, 15) is 4.21 Å². The van der Waals surface area contributed by atoms with Crippen molar-refractivity contribution < 1.29 is 4.21 Å². The fraction of sp³-hybridized carbons (Fsp3) is 0.667. The number of hydrogen-bond acceptors (Lipinski definition) is 3. The summed E-state index contributed by atoms with van der Waals surface area (Å²) < 4.78 is 12.9. The van der Waals surface area contributed by atoms with E-state index in [0.717, 1.165) is 12.2 Å². The van der Waals surface area contributed by atoms with Crippen LogP contribution in [-0.2, 0) is 24.4 Å². The standard InChI is InChI=1S/C9H17N3OS/c1-8(6-14(3)13)11-5-9-4-10-7-12(9)2/h4,7-8,11H,5-6H2,1-3H3. The van der Waals surface area contributed by atoms with E-state index in [0.29, 0.717) is 5.75 Å². The van der Waals surface area contributed by atoms with Gasteiger partial charge in [-0.3, -0.25) is 4.21 Å². The van der Waals surface area contributed by atoms with Crippen molar-refractivity contribution in [3.05, 3.63) is 18.2 Å². The highest BCUT2D eigenvalue weighted by molar-refractivity contribution is 7.84. The highest BCUT2D eigenvalue weighted by Gasteiger charge is 2.04. The minimum Gasteiger partial charge on any atom is -0.337 e. The maximum absolute atomic E-state index is 10.9. The van der Waals surface area contributed by atoms with Crippen molar-refractivity contribution >= 4 is 10.8 Å². The van der Waals surface area contributed by atoms with Crippen molar-refractivity contribution in [2.24, 2.45) is 7.05 Å². The molecule has 0 bridgehead atoms. The first-order valence-corrected chi connectivity index (χ1v) is 6.31. The second kappa shape index (κ2) is 5.26. The first-order valence-electron chi connectivity index (χ1n) is 4.58. The summed E-state index contributed by atoms with van der Waals surface area (Å²) in [6, 6.07) is 0.274. The van der Waals surface area contributed by atoms with E-state index in [4.69, 9.17) is 0 Å². The van der Waals surface area contributed by atoms with Gasteiger partial charge in [-0.1, -0.05) is 0 Å². The van der Waals surface area contributed by atoms with Gasteiger partial charge in [-0.05, 0) is 6.92 Å². The summed E-state index contributed by atoms with van der Waals surface area (Å²) in [6.07, 6.45) is 5.34. The van der Waals surface area contributed by atoms with Gasteiger partial charge < -0.3 is 9.88 Å². The number of nitrogens with zero attached hydrogens (tertiary/aromatic N) is 2. The molecule has 5 heteroatoms. The third-order valence-electron chi connectivity index (χ3n) is 2.03. The quantitative estimate of drug-likeness (QED) is 0.767. The molecule has 0 spiro atoms. The lowest BCUT2D eigenvalue weighted by Gasteiger charge is -2.12. The molecule has 0 fully saturated rings. The number of aromatic nitrogens is 2. The van der Waals surface area contributed by atoms with Crippen LogP contribution in [0.1, 0.15) is 12.6 Å². The lowest BCUT2D eigenvalue weighted by Crippen LogP contribution is -2.31. The average molecular weight is 215 g/mol. The monoisotopic (exact) mass is 215 g/mol. The van der Waals surface area contributed by atoms with Gasteiger partial charge in [0, 0.05) is 48.6 Å². The van der Waals surface area contributed by atoms with Gasteiger partial charge >= 0.3 is 0 Å².